The van der Waals surface area contributed by atoms with Crippen molar-refractivity contribution < 1.29 is 9.21 Å². The van der Waals surface area contributed by atoms with Crippen molar-refractivity contribution in [2.75, 3.05) is 6.54 Å². The molecule has 2 rings (SSSR count). The first-order chi connectivity index (χ1) is 9.16. The summed E-state index contributed by atoms with van der Waals surface area (Å²) in [6.45, 7) is 2.52. The quantitative estimate of drug-likeness (QED) is 0.787. The molecule has 100 valence electrons. The minimum atomic E-state index is -0.466. The van der Waals surface area contributed by atoms with Gasteiger partial charge in [0.1, 0.15) is 6.26 Å². The monoisotopic (exact) mass is 261 g/mol. The second kappa shape index (κ2) is 5.99. The number of nitrogens with zero attached hydrogens (tertiary/aromatic N) is 1. The van der Waals surface area contributed by atoms with E-state index in [1.807, 2.05) is 6.92 Å². The highest BCUT2D eigenvalue weighted by atomic mass is 16.4. The number of hydrogen-bond donors (Lipinski definition) is 2. The van der Waals surface area contributed by atoms with E-state index in [1.165, 1.54) is 12.1 Å². The Bertz CT molecular complexity index is 595. The Morgan fingerprint density at radius 3 is 2.95 bits per heavy atom. The first-order valence-electron chi connectivity index (χ1n) is 6.03. The lowest BCUT2D eigenvalue weighted by molar-refractivity contribution is 0.0951. The number of aromatic nitrogens is 2. The fourth-order valence-electron chi connectivity index (χ4n) is 1.70. The van der Waals surface area contributed by atoms with Crippen LogP contribution < -0.4 is 10.9 Å². The Kier molecular flexibility index (Phi) is 4.12. The number of carbonyl (C=O) groups excluding carboxylic acids is 1. The van der Waals surface area contributed by atoms with Crippen LogP contribution in [0.3, 0.4) is 0 Å². The summed E-state index contributed by atoms with van der Waals surface area (Å²) in [6.07, 6.45) is 4.64. The first kappa shape index (κ1) is 13.1. The van der Waals surface area contributed by atoms with Crippen molar-refractivity contribution in [3.63, 3.8) is 0 Å². The summed E-state index contributed by atoms with van der Waals surface area (Å²) in [5.41, 5.74) is 2.09. The molecule has 0 aliphatic heterocycles. The second-order valence-corrected chi connectivity index (χ2v) is 4.22. The van der Waals surface area contributed by atoms with E-state index in [0.717, 1.165) is 30.4 Å². The van der Waals surface area contributed by atoms with Crippen LogP contribution in [0.1, 0.15) is 28.0 Å². The van der Waals surface area contributed by atoms with Gasteiger partial charge in [-0.3, -0.25) is 9.89 Å². The van der Waals surface area contributed by atoms with Crippen LogP contribution >= 0.6 is 0 Å². The molecule has 0 atom stereocenters. The van der Waals surface area contributed by atoms with Crippen molar-refractivity contribution in [3.05, 3.63) is 51.8 Å². The number of hydrogen-bond acceptors (Lipinski definition) is 4. The molecule has 0 aliphatic carbocycles. The van der Waals surface area contributed by atoms with E-state index in [-0.39, 0.29) is 5.91 Å². The molecule has 2 aromatic rings. The molecule has 2 N–H and O–H groups in total. The van der Waals surface area contributed by atoms with Gasteiger partial charge in [-0.1, -0.05) is 0 Å². The predicted molar refractivity (Wildman–Crippen MR) is 69.0 cm³/mol. The van der Waals surface area contributed by atoms with Gasteiger partial charge in [0.05, 0.1) is 11.8 Å². The fraction of sp³-hybridized carbons (Fsp3) is 0.308. The minimum Gasteiger partial charge on any atom is -0.430 e. The molecule has 0 radical (unpaired) electrons. The molecule has 0 saturated carbocycles. The van der Waals surface area contributed by atoms with E-state index in [9.17, 15) is 9.59 Å². The maximum absolute atomic E-state index is 11.7. The van der Waals surface area contributed by atoms with Crippen molar-refractivity contribution in [2.24, 2.45) is 0 Å². The van der Waals surface area contributed by atoms with E-state index in [4.69, 9.17) is 0 Å². The molecule has 0 saturated heterocycles. The van der Waals surface area contributed by atoms with E-state index >= 15 is 0 Å². The SMILES string of the molecule is Cc1[nH]ncc1CCCNC(=O)c1ccc(=O)oc1. The third-order valence-electron chi connectivity index (χ3n) is 2.81. The van der Waals surface area contributed by atoms with Crippen LogP contribution in [-0.2, 0) is 6.42 Å². The summed E-state index contributed by atoms with van der Waals surface area (Å²) in [5, 5.41) is 9.58. The highest BCUT2D eigenvalue weighted by Gasteiger charge is 2.06. The highest BCUT2D eigenvalue weighted by molar-refractivity contribution is 5.93. The summed E-state index contributed by atoms with van der Waals surface area (Å²) in [7, 11) is 0. The van der Waals surface area contributed by atoms with Gasteiger partial charge in [-0.2, -0.15) is 5.10 Å². The molecule has 0 fully saturated rings. The van der Waals surface area contributed by atoms with Crippen LogP contribution in [0, 0.1) is 6.92 Å². The molecule has 0 aromatic carbocycles. The average Bonchev–Trinajstić information content (AvgIpc) is 2.81. The molecule has 6 nitrogen and oxygen atoms in total. The fourth-order valence-corrected chi connectivity index (χ4v) is 1.70. The van der Waals surface area contributed by atoms with Gasteiger partial charge in [0.15, 0.2) is 0 Å². The lowest BCUT2D eigenvalue weighted by Crippen LogP contribution is -2.25. The zero-order valence-electron chi connectivity index (χ0n) is 10.6. The van der Waals surface area contributed by atoms with Crippen LogP contribution in [0.4, 0.5) is 0 Å². The first-order valence-corrected chi connectivity index (χ1v) is 6.03. The number of aromatic amines is 1. The summed E-state index contributed by atoms with van der Waals surface area (Å²) in [6, 6.07) is 2.67. The number of carbonyl (C=O) groups is 1. The Hall–Kier alpha value is -2.37. The Balaban J connectivity index is 1.77. The normalized spacial score (nSPS) is 10.4. The summed E-state index contributed by atoms with van der Waals surface area (Å²) < 4.78 is 4.63. The van der Waals surface area contributed by atoms with Crippen LogP contribution in [0.5, 0.6) is 0 Å². The maximum Gasteiger partial charge on any atom is 0.335 e. The number of aryl methyl sites for hydroxylation is 2. The summed E-state index contributed by atoms with van der Waals surface area (Å²) in [5.74, 6) is -0.243. The Morgan fingerprint density at radius 1 is 1.47 bits per heavy atom. The molecular weight excluding hydrogens is 246 g/mol. The zero-order valence-corrected chi connectivity index (χ0v) is 10.6. The van der Waals surface area contributed by atoms with Crippen molar-refractivity contribution in [2.45, 2.75) is 19.8 Å². The van der Waals surface area contributed by atoms with Crippen LogP contribution in [0.2, 0.25) is 0 Å². The molecule has 0 aliphatic rings. The van der Waals surface area contributed by atoms with Gasteiger partial charge in [-0.05, 0) is 31.4 Å². The number of rotatable bonds is 5. The largest absolute Gasteiger partial charge is 0.430 e. The zero-order chi connectivity index (χ0) is 13.7. The summed E-state index contributed by atoms with van der Waals surface area (Å²) >= 11 is 0. The van der Waals surface area contributed by atoms with Gasteiger partial charge < -0.3 is 9.73 Å². The molecular formula is C13H15N3O3. The molecule has 19 heavy (non-hydrogen) atoms. The van der Waals surface area contributed by atoms with Crippen molar-refractivity contribution >= 4 is 5.91 Å². The van der Waals surface area contributed by atoms with E-state index < -0.39 is 5.63 Å². The Labute approximate surface area is 109 Å². The molecule has 2 aromatic heterocycles. The third kappa shape index (κ3) is 3.54. The molecule has 2 heterocycles. The molecule has 1 amide bonds. The van der Waals surface area contributed by atoms with E-state index in [2.05, 4.69) is 19.9 Å². The topological polar surface area (TPSA) is 88.0 Å². The van der Waals surface area contributed by atoms with Gasteiger partial charge in [-0.25, -0.2) is 4.79 Å². The lowest BCUT2D eigenvalue weighted by Gasteiger charge is -2.04. The van der Waals surface area contributed by atoms with Crippen molar-refractivity contribution in [3.8, 4) is 0 Å². The van der Waals surface area contributed by atoms with Crippen LogP contribution in [0.25, 0.3) is 0 Å². The van der Waals surface area contributed by atoms with Crippen LogP contribution in [-0.4, -0.2) is 22.6 Å². The predicted octanol–water partition coefficient (Wildman–Crippen LogP) is 1.03. The van der Waals surface area contributed by atoms with Gasteiger partial charge in [0.2, 0.25) is 0 Å². The molecule has 0 unspecified atom stereocenters. The number of amides is 1. The van der Waals surface area contributed by atoms with Gasteiger partial charge in [0.25, 0.3) is 5.91 Å². The highest BCUT2D eigenvalue weighted by Crippen LogP contribution is 2.05. The molecule has 0 spiro atoms. The van der Waals surface area contributed by atoms with E-state index in [1.54, 1.807) is 6.20 Å². The van der Waals surface area contributed by atoms with E-state index in [0.29, 0.717) is 12.1 Å². The standard InChI is InChI=1S/C13H15N3O3/c1-9-10(7-15-16-9)3-2-6-14-13(18)11-4-5-12(17)19-8-11/h4-5,7-8H,2-3,6H2,1H3,(H,14,18)(H,15,16). The minimum absolute atomic E-state index is 0.243. The molecule has 6 heteroatoms. The maximum atomic E-state index is 11.7. The Morgan fingerprint density at radius 2 is 2.32 bits per heavy atom. The van der Waals surface area contributed by atoms with Gasteiger partial charge >= 0.3 is 5.63 Å². The van der Waals surface area contributed by atoms with Crippen LogP contribution in [0.15, 0.2) is 33.8 Å². The second-order valence-electron chi connectivity index (χ2n) is 4.22. The number of nitrogens with one attached hydrogen (secondary N) is 2. The average molecular weight is 261 g/mol. The lowest BCUT2D eigenvalue weighted by atomic mass is 10.1. The smallest absolute Gasteiger partial charge is 0.335 e. The number of H-pyrrole nitrogens is 1. The van der Waals surface area contributed by atoms with Crippen molar-refractivity contribution in [1.29, 1.82) is 0 Å². The van der Waals surface area contributed by atoms with Gasteiger partial charge in [-0.15, -0.1) is 0 Å². The van der Waals surface area contributed by atoms with Gasteiger partial charge in [0, 0.05) is 18.3 Å². The third-order valence-corrected chi connectivity index (χ3v) is 2.81. The van der Waals surface area contributed by atoms with Crippen molar-refractivity contribution in [1.82, 2.24) is 15.5 Å². The summed E-state index contributed by atoms with van der Waals surface area (Å²) in [4.78, 5) is 22.5. The molecule has 0 bridgehead atoms.